The van der Waals surface area contributed by atoms with Crippen LogP contribution in [0.1, 0.15) is 19.4 Å². The lowest BCUT2D eigenvalue weighted by Crippen LogP contribution is -2.44. The molecular weight excluding hydrogens is 383 g/mol. The summed E-state index contributed by atoms with van der Waals surface area (Å²) in [7, 11) is 6.01. The highest BCUT2D eigenvalue weighted by Gasteiger charge is 2.19. The van der Waals surface area contributed by atoms with Gasteiger partial charge in [0.1, 0.15) is 0 Å². The first-order chi connectivity index (χ1) is 8.93. The molecule has 0 radical (unpaired) electrons. The molecule has 0 atom stereocenters. The fourth-order valence-electron chi connectivity index (χ4n) is 2.03. The summed E-state index contributed by atoms with van der Waals surface area (Å²) in [4.78, 5) is 6.47. The summed E-state index contributed by atoms with van der Waals surface area (Å²) in [5, 5.41) is 11.0. The Bertz CT molecular complexity index is 388. The van der Waals surface area contributed by atoms with E-state index in [0.717, 1.165) is 25.6 Å². The van der Waals surface area contributed by atoms with Gasteiger partial charge in [0.15, 0.2) is 5.96 Å². The van der Waals surface area contributed by atoms with Gasteiger partial charge in [-0.1, -0.05) is 13.8 Å². The summed E-state index contributed by atoms with van der Waals surface area (Å²) in [5.41, 5.74) is 1.50. The van der Waals surface area contributed by atoms with Crippen LogP contribution in [0.2, 0.25) is 0 Å². The molecule has 1 aromatic heterocycles. The highest BCUT2D eigenvalue weighted by Crippen LogP contribution is 2.14. The van der Waals surface area contributed by atoms with E-state index in [9.17, 15) is 0 Å². The van der Waals surface area contributed by atoms with Crippen molar-refractivity contribution in [2.75, 3.05) is 34.2 Å². The summed E-state index contributed by atoms with van der Waals surface area (Å²) >= 11 is 1.72. The molecule has 1 aromatic rings. The van der Waals surface area contributed by atoms with Crippen molar-refractivity contribution in [3.05, 3.63) is 22.4 Å². The van der Waals surface area contributed by atoms with Crippen LogP contribution in [-0.2, 0) is 6.54 Å². The van der Waals surface area contributed by atoms with Crippen molar-refractivity contribution in [3.63, 3.8) is 0 Å². The molecule has 0 aromatic carbocycles. The molecular formula is C14H27IN4S. The van der Waals surface area contributed by atoms with Gasteiger partial charge in [0.05, 0.1) is 0 Å². The molecule has 1 heterocycles. The Morgan fingerprint density at radius 1 is 1.35 bits per heavy atom. The van der Waals surface area contributed by atoms with Gasteiger partial charge in [-0.25, -0.2) is 0 Å². The molecule has 2 N–H and O–H groups in total. The van der Waals surface area contributed by atoms with E-state index in [1.165, 1.54) is 5.56 Å². The molecule has 0 saturated carbocycles. The number of rotatable bonds is 6. The SMILES string of the molecule is CN=C(NCc1ccsc1)NCC(C)(C)CN(C)C.I. The van der Waals surface area contributed by atoms with E-state index in [-0.39, 0.29) is 29.4 Å². The Labute approximate surface area is 144 Å². The van der Waals surface area contributed by atoms with Crippen LogP contribution in [0.5, 0.6) is 0 Å². The van der Waals surface area contributed by atoms with Crippen LogP contribution in [0, 0.1) is 5.41 Å². The molecule has 0 spiro atoms. The molecule has 0 aliphatic rings. The smallest absolute Gasteiger partial charge is 0.191 e. The van der Waals surface area contributed by atoms with Gasteiger partial charge in [-0.3, -0.25) is 4.99 Å². The quantitative estimate of drug-likeness (QED) is 0.430. The third-order valence-electron chi connectivity index (χ3n) is 2.74. The van der Waals surface area contributed by atoms with E-state index in [4.69, 9.17) is 0 Å². The second-order valence-electron chi connectivity index (χ2n) is 5.81. The van der Waals surface area contributed by atoms with E-state index >= 15 is 0 Å². The van der Waals surface area contributed by atoms with Crippen molar-refractivity contribution in [1.29, 1.82) is 0 Å². The third-order valence-corrected chi connectivity index (χ3v) is 3.47. The largest absolute Gasteiger partial charge is 0.356 e. The van der Waals surface area contributed by atoms with E-state index in [1.807, 2.05) is 7.05 Å². The molecule has 0 bridgehead atoms. The summed E-state index contributed by atoms with van der Waals surface area (Å²) in [6.07, 6.45) is 0. The fourth-order valence-corrected chi connectivity index (χ4v) is 2.70. The van der Waals surface area contributed by atoms with E-state index in [2.05, 4.69) is 65.3 Å². The van der Waals surface area contributed by atoms with Crippen molar-refractivity contribution in [3.8, 4) is 0 Å². The van der Waals surface area contributed by atoms with E-state index < -0.39 is 0 Å². The van der Waals surface area contributed by atoms with Crippen LogP contribution < -0.4 is 10.6 Å². The van der Waals surface area contributed by atoms with E-state index in [1.54, 1.807) is 11.3 Å². The summed E-state index contributed by atoms with van der Waals surface area (Å²) in [5.74, 6) is 0.859. The number of aliphatic imine (C=N–C) groups is 1. The summed E-state index contributed by atoms with van der Waals surface area (Å²) in [6, 6.07) is 2.13. The predicted molar refractivity (Wildman–Crippen MR) is 100 cm³/mol. The molecule has 0 fully saturated rings. The molecule has 0 amide bonds. The number of halogens is 1. The van der Waals surface area contributed by atoms with Crippen molar-refractivity contribution >= 4 is 41.3 Å². The highest BCUT2D eigenvalue weighted by molar-refractivity contribution is 14.0. The van der Waals surface area contributed by atoms with Crippen LogP contribution in [0.3, 0.4) is 0 Å². The predicted octanol–water partition coefficient (Wildman–Crippen LogP) is 2.62. The molecule has 0 aliphatic carbocycles. The maximum Gasteiger partial charge on any atom is 0.191 e. The first-order valence-corrected chi connectivity index (χ1v) is 7.47. The lowest BCUT2D eigenvalue weighted by atomic mass is 9.93. The minimum absolute atomic E-state index is 0. The molecule has 0 saturated heterocycles. The van der Waals surface area contributed by atoms with Crippen molar-refractivity contribution in [2.24, 2.45) is 10.4 Å². The zero-order chi connectivity index (χ0) is 14.3. The van der Waals surface area contributed by atoms with Crippen LogP contribution in [-0.4, -0.2) is 45.1 Å². The zero-order valence-corrected chi connectivity index (χ0v) is 16.2. The fraction of sp³-hybridized carbons (Fsp3) is 0.643. The van der Waals surface area contributed by atoms with Crippen LogP contribution in [0.15, 0.2) is 21.8 Å². The van der Waals surface area contributed by atoms with Gasteiger partial charge in [0.2, 0.25) is 0 Å². The van der Waals surface area contributed by atoms with Crippen LogP contribution >= 0.6 is 35.3 Å². The van der Waals surface area contributed by atoms with Gasteiger partial charge in [-0.05, 0) is 41.9 Å². The lowest BCUT2D eigenvalue weighted by molar-refractivity contribution is 0.241. The first-order valence-electron chi connectivity index (χ1n) is 6.53. The summed E-state index contributed by atoms with van der Waals surface area (Å²) in [6.45, 7) is 7.27. The first kappa shape index (κ1) is 19.7. The van der Waals surface area contributed by atoms with Gasteiger partial charge in [0, 0.05) is 26.7 Å². The normalized spacial score (nSPS) is 12.2. The van der Waals surface area contributed by atoms with Gasteiger partial charge in [-0.15, -0.1) is 24.0 Å². The molecule has 116 valence electrons. The average Bonchev–Trinajstić information content (AvgIpc) is 2.80. The Balaban J connectivity index is 0.00000361. The number of hydrogen-bond acceptors (Lipinski definition) is 3. The third kappa shape index (κ3) is 8.06. The zero-order valence-electron chi connectivity index (χ0n) is 13.1. The van der Waals surface area contributed by atoms with Crippen molar-refractivity contribution in [1.82, 2.24) is 15.5 Å². The Hall–Kier alpha value is -0.340. The number of hydrogen-bond donors (Lipinski definition) is 2. The molecule has 20 heavy (non-hydrogen) atoms. The van der Waals surface area contributed by atoms with Crippen LogP contribution in [0.4, 0.5) is 0 Å². The molecule has 0 unspecified atom stereocenters. The lowest BCUT2D eigenvalue weighted by Gasteiger charge is -2.29. The minimum atomic E-state index is 0. The van der Waals surface area contributed by atoms with Gasteiger partial charge in [-0.2, -0.15) is 11.3 Å². The van der Waals surface area contributed by atoms with Gasteiger partial charge < -0.3 is 15.5 Å². The van der Waals surface area contributed by atoms with Crippen molar-refractivity contribution < 1.29 is 0 Å². The Morgan fingerprint density at radius 3 is 2.55 bits per heavy atom. The number of nitrogens with zero attached hydrogens (tertiary/aromatic N) is 2. The second kappa shape index (κ2) is 9.57. The topological polar surface area (TPSA) is 39.7 Å². The number of thiophene rings is 1. The van der Waals surface area contributed by atoms with Gasteiger partial charge >= 0.3 is 0 Å². The average molecular weight is 410 g/mol. The second-order valence-corrected chi connectivity index (χ2v) is 6.59. The Kier molecular flexibility index (Phi) is 9.41. The molecule has 4 nitrogen and oxygen atoms in total. The maximum atomic E-state index is 4.25. The monoisotopic (exact) mass is 410 g/mol. The van der Waals surface area contributed by atoms with Crippen molar-refractivity contribution in [2.45, 2.75) is 20.4 Å². The summed E-state index contributed by atoms with van der Waals surface area (Å²) < 4.78 is 0. The molecule has 0 aliphatic heterocycles. The molecule has 1 rings (SSSR count). The maximum absolute atomic E-state index is 4.25. The molecule has 6 heteroatoms. The number of nitrogens with one attached hydrogen (secondary N) is 2. The van der Waals surface area contributed by atoms with E-state index in [0.29, 0.717) is 0 Å². The highest BCUT2D eigenvalue weighted by atomic mass is 127. The Morgan fingerprint density at radius 2 is 2.05 bits per heavy atom. The minimum Gasteiger partial charge on any atom is -0.356 e. The number of guanidine groups is 1. The van der Waals surface area contributed by atoms with Gasteiger partial charge in [0.25, 0.3) is 0 Å². The standard InChI is InChI=1S/C14H26N4S.HI/c1-14(2,11-18(4)5)10-17-13(15-3)16-8-12-6-7-19-9-12;/h6-7,9H,8,10-11H2,1-5H3,(H2,15,16,17);1H. The van der Waals surface area contributed by atoms with Crippen LogP contribution in [0.25, 0.3) is 0 Å².